The number of piperidine rings is 1. The Bertz CT molecular complexity index is 1260. The Hall–Kier alpha value is -3.37. The van der Waals surface area contributed by atoms with Crippen molar-refractivity contribution in [2.24, 2.45) is 5.92 Å². The number of nitrogens with one attached hydrogen (secondary N) is 1. The van der Waals surface area contributed by atoms with Crippen molar-refractivity contribution in [3.05, 3.63) is 70.9 Å². The molecule has 33 heavy (non-hydrogen) atoms. The minimum absolute atomic E-state index is 0.116. The number of aromatic nitrogens is 4. The normalized spacial score (nSPS) is 15.7. The van der Waals surface area contributed by atoms with Gasteiger partial charge in [0.15, 0.2) is 5.82 Å². The Morgan fingerprint density at radius 3 is 2.48 bits per heavy atom. The summed E-state index contributed by atoms with van der Waals surface area (Å²) in [6, 6.07) is 14.9. The van der Waals surface area contributed by atoms with Crippen LogP contribution in [-0.2, 0) is 14.8 Å². The van der Waals surface area contributed by atoms with Crippen LogP contribution < -0.4 is 5.32 Å². The first-order chi connectivity index (χ1) is 15.8. The molecule has 3 aromatic rings. The molecule has 0 saturated carbocycles. The summed E-state index contributed by atoms with van der Waals surface area (Å²) in [5, 5.41) is 15.8. The molecule has 0 atom stereocenters. The van der Waals surface area contributed by atoms with Gasteiger partial charge in [0.2, 0.25) is 15.9 Å². The monoisotopic (exact) mass is 466 g/mol. The maximum Gasteiger partial charge on any atom is 0.236 e. The van der Waals surface area contributed by atoms with Crippen molar-refractivity contribution in [3.8, 4) is 5.69 Å². The number of amides is 1. The molecule has 10 heteroatoms. The summed E-state index contributed by atoms with van der Waals surface area (Å²) in [6.07, 6.45) is 2.53. The van der Waals surface area contributed by atoms with E-state index in [4.69, 9.17) is 0 Å². The highest BCUT2D eigenvalue weighted by molar-refractivity contribution is 7.92. The lowest BCUT2D eigenvalue weighted by Gasteiger charge is -2.29. The molecule has 9 nitrogen and oxygen atoms in total. The van der Waals surface area contributed by atoms with E-state index in [1.54, 1.807) is 10.8 Å². The molecule has 0 spiro atoms. The van der Waals surface area contributed by atoms with Crippen LogP contribution in [0.4, 0.5) is 5.69 Å². The molecule has 1 saturated heterocycles. The molecule has 0 radical (unpaired) electrons. The van der Waals surface area contributed by atoms with E-state index >= 15 is 0 Å². The molecule has 1 aliphatic heterocycles. The SMILES string of the molecule is Cc1ccc(NC(=O)C2CCN(S(=O)(=O)/C=C/c3ccccc3)CC2)cc1-n1nnnc1C. The fourth-order valence-corrected chi connectivity index (χ4v) is 5.02. The van der Waals surface area contributed by atoms with Crippen molar-refractivity contribution in [1.82, 2.24) is 24.5 Å². The zero-order chi connectivity index (χ0) is 23.4. The highest BCUT2D eigenvalue weighted by Gasteiger charge is 2.30. The highest BCUT2D eigenvalue weighted by Crippen LogP contribution is 2.24. The smallest absolute Gasteiger partial charge is 0.236 e. The number of hydrogen-bond acceptors (Lipinski definition) is 6. The van der Waals surface area contributed by atoms with Crippen LogP contribution in [-0.4, -0.2) is 51.9 Å². The summed E-state index contributed by atoms with van der Waals surface area (Å²) >= 11 is 0. The largest absolute Gasteiger partial charge is 0.326 e. The minimum atomic E-state index is -3.53. The zero-order valence-corrected chi connectivity index (χ0v) is 19.4. The van der Waals surface area contributed by atoms with Crippen LogP contribution in [0.25, 0.3) is 11.8 Å². The number of carbonyl (C=O) groups is 1. The van der Waals surface area contributed by atoms with E-state index in [0.717, 1.165) is 16.8 Å². The van der Waals surface area contributed by atoms with Crippen LogP contribution in [0.15, 0.2) is 53.9 Å². The summed E-state index contributed by atoms with van der Waals surface area (Å²) in [4.78, 5) is 12.8. The number of carbonyl (C=O) groups excluding carboxylic acids is 1. The van der Waals surface area contributed by atoms with Crippen molar-refractivity contribution in [3.63, 3.8) is 0 Å². The minimum Gasteiger partial charge on any atom is -0.326 e. The Morgan fingerprint density at radius 2 is 1.82 bits per heavy atom. The van der Waals surface area contributed by atoms with Crippen molar-refractivity contribution >= 4 is 27.7 Å². The van der Waals surface area contributed by atoms with Gasteiger partial charge in [-0.25, -0.2) is 8.42 Å². The second kappa shape index (κ2) is 9.63. The van der Waals surface area contributed by atoms with E-state index in [9.17, 15) is 13.2 Å². The van der Waals surface area contributed by atoms with Crippen molar-refractivity contribution < 1.29 is 13.2 Å². The van der Waals surface area contributed by atoms with E-state index in [1.807, 2.05) is 62.4 Å². The molecule has 1 aromatic heterocycles. The maximum atomic E-state index is 12.8. The van der Waals surface area contributed by atoms with Gasteiger partial charge in [0.05, 0.1) is 5.69 Å². The topological polar surface area (TPSA) is 110 Å². The first-order valence-corrected chi connectivity index (χ1v) is 12.2. The number of hydrogen-bond donors (Lipinski definition) is 1. The van der Waals surface area contributed by atoms with Crippen molar-refractivity contribution in [2.45, 2.75) is 26.7 Å². The molecule has 2 aromatic carbocycles. The van der Waals surface area contributed by atoms with Crippen molar-refractivity contribution in [2.75, 3.05) is 18.4 Å². The molecule has 0 bridgehead atoms. The second-order valence-electron chi connectivity index (χ2n) is 8.06. The van der Waals surface area contributed by atoms with Crippen LogP contribution in [0.1, 0.15) is 29.8 Å². The fourth-order valence-electron chi connectivity index (χ4n) is 3.80. The van der Waals surface area contributed by atoms with Crippen molar-refractivity contribution in [1.29, 1.82) is 0 Å². The lowest BCUT2D eigenvalue weighted by Crippen LogP contribution is -2.40. The van der Waals surface area contributed by atoms with Gasteiger partial charge in [-0.05, 0) is 66.5 Å². The van der Waals surface area contributed by atoms with Crippen LogP contribution in [0.2, 0.25) is 0 Å². The standard InChI is InChI=1S/C23H26N6O3S/c1-17-8-9-21(16-22(17)29-18(2)25-26-27-29)24-23(30)20-10-13-28(14-11-20)33(31,32)15-12-19-6-4-3-5-7-19/h3-9,12,15-16,20H,10-11,13-14H2,1-2H3,(H,24,30)/b15-12+. The lowest BCUT2D eigenvalue weighted by atomic mass is 9.97. The van der Waals surface area contributed by atoms with Gasteiger partial charge >= 0.3 is 0 Å². The van der Waals surface area contributed by atoms with E-state index < -0.39 is 10.0 Å². The van der Waals surface area contributed by atoms with Gasteiger partial charge in [0.1, 0.15) is 0 Å². The summed E-state index contributed by atoms with van der Waals surface area (Å²) in [5.74, 6) is 0.278. The predicted octanol–water partition coefficient (Wildman–Crippen LogP) is 2.93. The number of sulfonamides is 1. The molecule has 4 rings (SSSR count). The number of aryl methyl sites for hydroxylation is 2. The molecule has 0 unspecified atom stereocenters. The van der Waals surface area contributed by atoms with Gasteiger partial charge < -0.3 is 5.32 Å². The Balaban J connectivity index is 1.37. The van der Waals surface area contributed by atoms with Gasteiger partial charge in [-0.1, -0.05) is 36.4 Å². The van der Waals surface area contributed by atoms with Gasteiger partial charge in [0, 0.05) is 30.1 Å². The molecule has 1 N–H and O–H groups in total. The molecule has 1 amide bonds. The van der Waals surface area contributed by atoms with E-state index in [2.05, 4.69) is 20.8 Å². The lowest BCUT2D eigenvalue weighted by molar-refractivity contribution is -0.120. The maximum absolute atomic E-state index is 12.8. The number of nitrogens with zero attached hydrogens (tertiary/aromatic N) is 5. The van der Waals surface area contributed by atoms with Gasteiger partial charge in [-0.2, -0.15) is 8.99 Å². The third-order valence-electron chi connectivity index (χ3n) is 5.75. The fraction of sp³-hybridized carbons (Fsp3) is 0.304. The van der Waals surface area contributed by atoms with E-state index in [0.29, 0.717) is 37.4 Å². The number of anilines is 1. The Labute approximate surface area is 193 Å². The van der Waals surface area contributed by atoms with Crippen LogP contribution in [0, 0.1) is 19.8 Å². The van der Waals surface area contributed by atoms with Gasteiger partial charge in [-0.3, -0.25) is 4.79 Å². The molecule has 2 heterocycles. The zero-order valence-electron chi connectivity index (χ0n) is 18.5. The highest BCUT2D eigenvalue weighted by atomic mass is 32.2. The Kier molecular flexibility index (Phi) is 6.66. The summed E-state index contributed by atoms with van der Waals surface area (Å²) in [6.45, 7) is 4.37. The average Bonchev–Trinajstić information content (AvgIpc) is 3.25. The molecule has 1 fully saturated rings. The predicted molar refractivity (Wildman–Crippen MR) is 126 cm³/mol. The first kappa shape index (κ1) is 22.8. The number of tetrazole rings is 1. The average molecular weight is 467 g/mol. The summed E-state index contributed by atoms with van der Waals surface area (Å²) in [5.41, 5.74) is 3.24. The molecule has 172 valence electrons. The molecular formula is C23H26N6O3S. The number of benzene rings is 2. The van der Waals surface area contributed by atoms with Gasteiger partial charge in [-0.15, -0.1) is 5.10 Å². The third-order valence-corrected chi connectivity index (χ3v) is 7.31. The van der Waals surface area contributed by atoms with E-state index in [-0.39, 0.29) is 11.8 Å². The molecule has 1 aliphatic rings. The van der Waals surface area contributed by atoms with E-state index in [1.165, 1.54) is 9.71 Å². The summed E-state index contributed by atoms with van der Waals surface area (Å²) in [7, 11) is -3.53. The quantitative estimate of drug-likeness (QED) is 0.598. The molecular weight excluding hydrogens is 440 g/mol. The van der Waals surface area contributed by atoms with Gasteiger partial charge in [0.25, 0.3) is 0 Å². The van der Waals surface area contributed by atoms with Crippen LogP contribution in [0.3, 0.4) is 0 Å². The third kappa shape index (κ3) is 5.35. The second-order valence-corrected chi connectivity index (χ2v) is 9.88. The summed E-state index contributed by atoms with van der Waals surface area (Å²) < 4.78 is 28.4. The number of rotatable bonds is 6. The van der Waals surface area contributed by atoms with Crippen LogP contribution in [0.5, 0.6) is 0 Å². The first-order valence-electron chi connectivity index (χ1n) is 10.7. The molecule has 0 aliphatic carbocycles. The van der Waals surface area contributed by atoms with Crippen LogP contribution >= 0.6 is 0 Å². The Morgan fingerprint density at radius 1 is 1.09 bits per heavy atom.